The van der Waals surface area contributed by atoms with Gasteiger partial charge in [-0.1, -0.05) is 40.9 Å². The molecule has 1 heteroatoms. The molecule has 1 radical (unpaired) electrons. The molecule has 1 aromatic carbocycles. The molecule has 1 fully saturated rings. The van der Waals surface area contributed by atoms with E-state index in [1.807, 2.05) is 6.07 Å². The molecule has 63 valence electrons. The van der Waals surface area contributed by atoms with Crippen molar-refractivity contribution >= 4 is 15.9 Å². The van der Waals surface area contributed by atoms with Crippen molar-refractivity contribution in [1.29, 1.82) is 0 Å². The molecular formula is C11H12Br. The molecule has 0 N–H and O–H groups in total. The van der Waals surface area contributed by atoms with E-state index < -0.39 is 0 Å². The molecular weight excluding hydrogens is 212 g/mol. The standard InChI is InChI=1S/C11H12Br/c12-11-7-3-6-10(8-11)9-4-1-2-5-9/h3,6,8-9H,1-2,4-5H2. The van der Waals surface area contributed by atoms with Gasteiger partial charge < -0.3 is 0 Å². The Balaban J connectivity index is 2.21. The van der Waals surface area contributed by atoms with E-state index in [0.717, 1.165) is 10.4 Å². The lowest BCUT2D eigenvalue weighted by atomic mass is 9.98. The third kappa shape index (κ3) is 1.71. The topological polar surface area (TPSA) is 0 Å². The third-order valence-corrected chi connectivity index (χ3v) is 3.07. The predicted molar refractivity (Wildman–Crippen MR) is 54.2 cm³/mol. The van der Waals surface area contributed by atoms with E-state index in [1.165, 1.54) is 31.2 Å². The molecule has 2 rings (SSSR count). The van der Waals surface area contributed by atoms with E-state index in [9.17, 15) is 0 Å². The van der Waals surface area contributed by atoms with E-state index in [0.29, 0.717) is 0 Å². The monoisotopic (exact) mass is 223 g/mol. The van der Waals surface area contributed by atoms with Crippen LogP contribution in [0.2, 0.25) is 0 Å². The predicted octanol–water partition coefficient (Wildman–Crippen LogP) is 3.91. The number of rotatable bonds is 1. The minimum atomic E-state index is 0.816. The molecule has 12 heavy (non-hydrogen) atoms. The molecule has 0 bridgehead atoms. The SMILES string of the molecule is Brc1[c]ccc(C2CCCC2)c1. The summed E-state index contributed by atoms with van der Waals surface area (Å²) >= 11 is 3.45. The molecule has 0 nitrogen and oxygen atoms in total. The van der Waals surface area contributed by atoms with Crippen molar-refractivity contribution in [3.8, 4) is 0 Å². The fourth-order valence-electron chi connectivity index (χ4n) is 1.97. The lowest BCUT2D eigenvalue weighted by Gasteiger charge is -2.08. The third-order valence-electron chi connectivity index (χ3n) is 2.62. The zero-order valence-corrected chi connectivity index (χ0v) is 8.60. The first-order valence-corrected chi connectivity index (χ1v) is 5.33. The van der Waals surface area contributed by atoms with Gasteiger partial charge in [-0.05, 0) is 36.5 Å². The minimum absolute atomic E-state index is 0.816. The Morgan fingerprint density at radius 2 is 2.08 bits per heavy atom. The second kappa shape index (κ2) is 3.61. The molecule has 1 aliphatic carbocycles. The van der Waals surface area contributed by atoms with Crippen molar-refractivity contribution in [2.75, 3.05) is 0 Å². The van der Waals surface area contributed by atoms with Crippen molar-refractivity contribution < 1.29 is 0 Å². The second-order valence-corrected chi connectivity index (χ2v) is 4.31. The summed E-state index contributed by atoms with van der Waals surface area (Å²) in [6.07, 6.45) is 5.55. The number of halogens is 1. The number of hydrogen-bond donors (Lipinski definition) is 0. The maximum Gasteiger partial charge on any atom is 0.0256 e. The lowest BCUT2D eigenvalue weighted by Crippen LogP contribution is -1.90. The number of hydrogen-bond acceptors (Lipinski definition) is 0. The van der Waals surface area contributed by atoms with Crippen LogP contribution in [0.1, 0.15) is 37.2 Å². The average Bonchev–Trinajstić information content (AvgIpc) is 2.56. The van der Waals surface area contributed by atoms with Gasteiger partial charge in [-0.2, -0.15) is 0 Å². The zero-order chi connectivity index (χ0) is 8.39. The van der Waals surface area contributed by atoms with Crippen molar-refractivity contribution in [2.24, 2.45) is 0 Å². The highest BCUT2D eigenvalue weighted by Gasteiger charge is 2.16. The van der Waals surface area contributed by atoms with Crippen LogP contribution in [-0.4, -0.2) is 0 Å². The molecule has 0 saturated heterocycles. The molecule has 1 saturated carbocycles. The summed E-state index contributed by atoms with van der Waals surface area (Å²) in [4.78, 5) is 0. The van der Waals surface area contributed by atoms with Gasteiger partial charge in [-0.15, -0.1) is 0 Å². The molecule has 1 aliphatic rings. The van der Waals surface area contributed by atoms with Crippen LogP contribution < -0.4 is 0 Å². The quantitative estimate of drug-likeness (QED) is 0.678. The van der Waals surface area contributed by atoms with Gasteiger partial charge in [-0.3, -0.25) is 0 Å². The second-order valence-electron chi connectivity index (χ2n) is 3.45. The Morgan fingerprint density at radius 3 is 2.75 bits per heavy atom. The molecule has 1 aromatic rings. The van der Waals surface area contributed by atoms with Gasteiger partial charge in [0.1, 0.15) is 0 Å². The summed E-state index contributed by atoms with van der Waals surface area (Å²) in [7, 11) is 0. The Bertz CT molecular complexity index is 261. The highest BCUT2D eigenvalue weighted by Crippen LogP contribution is 2.34. The normalized spacial score (nSPS) is 18.4. The largest absolute Gasteiger partial charge is 0.0581 e. The van der Waals surface area contributed by atoms with Crippen LogP contribution >= 0.6 is 15.9 Å². The van der Waals surface area contributed by atoms with Crippen LogP contribution in [-0.2, 0) is 0 Å². The van der Waals surface area contributed by atoms with E-state index in [2.05, 4.69) is 34.1 Å². The Labute approximate surface area is 82.1 Å². The zero-order valence-electron chi connectivity index (χ0n) is 7.02. The van der Waals surface area contributed by atoms with Gasteiger partial charge in [-0.25, -0.2) is 0 Å². The molecule has 0 heterocycles. The Morgan fingerprint density at radius 1 is 1.33 bits per heavy atom. The van der Waals surface area contributed by atoms with E-state index in [4.69, 9.17) is 0 Å². The summed E-state index contributed by atoms with van der Waals surface area (Å²) in [5.41, 5.74) is 1.48. The van der Waals surface area contributed by atoms with Crippen molar-refractivity contribution in [3.63, 3.8) is 0 Å². The molecule has 0 spiro atoms. The number of benzene rings is 1. The lowest BCUT2D eigenvalue weighted by molar-refractivity contribution is 0.723. The van der Waals surface area contributed by atoms with Gasteiger partial charge in [0, 0.05) is 4.47 Å². The molecule has 0 atom stereocenters. The Hall–Kier alpha value is -0.300. The first-order chi connectivity index (χ1) is 5.86. The van der Waals surface area contributed by atoms with Gasteiger partial charge in [0.2, 0.25) is 0 Å². The van der Waals surface area contributed by atoms with Gasteiger partial charge >= 0.3 is 0 Å². The fourth-order valence-corrected chi connectivity index (χ4v) is 2.36. The minimum Gasteiger partial charge on any atom is -0.0581 e. The maximum atomic E-state index is 3.45. The summed E-state index contributed by atoms with van der Waals surface area (Å²) in [6.45, 7) is 0. The molecule has 0 aliphatic heterocycles. The van der Waals surface area contributed by atoms with Crippen molar-refractivity contribution in [3.05, 3.63) is 34.3 Å². The Kier molecular flexibility index (Phi) is 2.50. The van der Waals surface area contributed by atoms with Crippen LogP contribution in [0.25, 0.3) is 0 Å². The van der Waals surface area contributed by atoms with Crippen LogP contribution in [0.5, 0.6) is 0 Å². The van der Waals surface area contributed by atoms with Gasteiger partial charge in [0.15, 0.2) is 0 Å². The van der Waals surface area contributed by atoms with Crippen molar-refractivity contribution in [2.45, 2.75) is 31.6 Å². The highest BCUT2D eigenvalue weighted by atomic mass is 79.9. The van der Waals surface area contributed by atoms with E-state index in [-0.39, 0.29) is 0 Å². The maximum absolute atomic E-state index is 3.45. The van der Waals surface area contributed by atoms with Gasteiger partial charge in [0.05, 0.1) is 0 Å². The summed E-state index contributed by atoms with van der Waals surface area (Å²) < 4.78 is 1.09. The molecule has 0 amide bonds. The summed E-state index contributed by atoms with van der Waals surface area (Å²) in [5.74, 6) is 0.816. The highest BCUT2D eigenvalue weighted by molar-refractivity contribution is 9.10. The summed E-state index contributed by atoms with van der Waals surface area (Å²) in [5, 5.41) is 0. The smallest absolute Gasteiger partial charge is 0.0256 e. The first-order valence-electron chi connectivity index (χ1n) is 4.53. The van der Waals surface area contributed by atoms with E-state index in [1.54, 1.807) is 0 Å². The van der Waals surface area contributed by atoms with Crippen LogP contribution in [0.4, 0.5) is 0 Å². The van der Waals surface area contributed by atoms with E-state index >= 15 is 0 Å². The van der Waals surface area contributed by atoms with Crippen LogP contribution in [0.15, 0.2) is 22.7 Å². The van der Waals surface area contributed by atoms with Crippen molar-refractivity contribution in [1.82, 2.24) is 0 Å². The van der Waals surface area contributed by atoms with Gasteiger partial charge in [0.25, 0.3) is 0 Å². The molecule has 0 aromatic heterocycles. The average molecular weight is 224 g/mol. The fraction of sp³-hybridized carbons (Fsp3) is 0.455. The van der Waals surface area contributed by atoms with Crippen LogP contribution in [0.3, 0.4) is 0 Å². The molecule has 0 unspecified atom stereocenters. The van der Waals surface area contributed by atoms with Crippen LogP contribution in [0, 0.1) is 6.07 Å². The first kappa shape index (κ1) is 8.31. The summed E-state index contributed by atoms with van der Waals surface area (Å²) in [6, 6.07) is 9.52.